The Morgan fingerprint density at radius 1 is 1.32 bits per heavy atom. The molecule has 1 aromatic rings. The van der Waals surface area contributed by atoms with Crippen LogP contribution in [0.25, 0.3) is 0 Å². The van der Waals surface area contributed by atoms with Gasteiger partial charge in [-0.2, -0.15) is 0 Å². The fourth-order valence-electron chi connectivity index (χ4n) is 3.52. The molecule has 0 aromatic heterocycles. The Morgan fingerprint density at radius 2 is 2.20 bits per heavy atom. The number of amides is 1. The van der Waals surface area contributed by atoms with Crippen molar-refractivity contribution in [1.82, 2.24) is 4.90 Å². The zero-order valence-corrected chi connectivity index (χ0v) is 14.9. The molecule has 2 saturated heterocycles. The van der Waals surface area contributed by atoms with Crippen molar-refractivity contribution in [3.05, 3.63) is 29.8 Å². The van der Waals surface area contributed by atoms with Gasteiger partial charge < -0.3 is 24.8 Å². The number of carbonyl (C=O) groups is 1. The summed E-state index contributed by atoms with van der Waals surface area (Å²) in [5.41, 5.74) is 6.72. The number of hydrogen-bond donors (Lipinski definition) is 1. The molecule has 2 N–H and O–H groups in total. The smallest absolute Gasteiger partial charge is 0.252 e. The van der Waals surface area contributed by atoms with Crippen LogP contribution in [0.1, 0.15) is 31.2 Å². The first kappa shape index (κ1) is 18.2. The maximum Gasteiger partial charge on any atom is 0.252 e. The maximum atomic E-state index is 13.0. The van der Waals surface area contributed by atoms with Crippen molar-refractivity contribution in [2.75, 3.05) is 26.8 Å². The lowest BCUT2D eigenvalue weighted by Gasteiger charge is -2.28. The lowest BCUT2D eigenvalue weighted by molar-refractivity contribution is -0.145. The zero-order chi connectivity index (χ0) is 17.6. The monoisotopic (exact) mass is 348 g/mol. The Labute approximate surface area is 149 Å². The number of carbonyl (C=O) groups excluding carboxylic acids is 1. The first-order chi connectivity index (χ1) is 12.2. The van der Waals surface area contributed by atoms with E-state index in [9.17, 15) is 4.79 Å². The number of nitrogens with two attached hydrogens (primary N) is 1. The molecule has 0 aliphatic carbocycles. The largest absolute Gasteiger partial charge is 0.497 e. The quantitative estimate of drug-likeness (QED) is 0.812. The summed E-state index contributed by atoms with van der Waals surface area (Å²) in [5.74, 6) is 0.830. The van der Waals surface area contributed by atoms with Crippen LogP contribution in [0.5, 0.6) is 5.75 Å². The molecule has 2 aliphatic rings. The lowest BCUT2D eigenvalue weighted by Crippen LogP contribution is -2.43. The van der Waals surface area contributed by atoms with Gasteiger partial charge in [-0.3, -0.25) is 4.79 Å². The van der Waals surface area contributed by atoms with Gasteiger partial charge in [0.05, 0.1) is 19.3 Å². The van der Waals surface area contributed by atoms with Gasteiger partial charge in [0, 0.05) is 26.2 Å². The summed E-state index contributed by atoms with van der Waals surface area (Å²) in [6.07, 6.45) is 3.36. The second-order valence-electron chi connectivity index (χ2n) is 6.77. The van der Waals surface area contributed by atoms with E-state index in [1.54, 1.807) is 7.11 Å². The molecule has 25 heavy (non-hydrogen) atoms. The van der Waals surface area contributed by atoms with E-state index >= 15 is 0 Å². The van der Waals surface area contributed by atoms with Crippen LogP contribution in [0.3, 0.4) is 0 Å². The van der Waals surface area contributed by atoms with Crippen LogP contribution >= 0.6 is 0 Å². The van der Waals surface area contributed by atoms with Crippen molar-refractivity contribution in [1.29, 1.82) is 0 Å². The van der Waals surface area contributed by atoms with Crippen molar-refractivity contribution in [3.63, 3.8) is 0 Å². The highest BCUT2D eigenvalue weighted by Crippen LogP contribution is 2.24. The molecule has 0 spiro atoms. The normalized spacial score (nSPS) is 25.9. The molecule has 138 valence electrons. The number of nitrogens with zero attached hydrogens (tertiary/aromatic N) is 1. The van der Waals surface area contributed by atoms with E-state index in [-0.39, 0.29) is 24.2 Å². The first-order valence-corrected chi connectivity index (χ1v) is 9.08. The third-order valence-corrected chi connectivity index (χ3v) is 4.91. The minimum absolute atomic E-state index is 0.00431. The summed E-state index contributed by atoms with van der Waals surface area (Å²) >= 11 is 0. The third kappa shape index (κ3) is 4.71. The molecule has 6 heteroatoms. The number of rotatable bonds is 7. The van der Waals surface area contributed by atoms with E-state index in [0.717, 1.165) is 43.6 Å². The first-order valence-electron chi connectivity index (χ1n) is 9.08. The molecule has 6 nitrogen and oxygen atoms in total. The minimum Gasteiger partial charge on any atom is -0.497 e. The Balaban J connectivity index is 1.70. The van der Waals surface area contributed by atoms with Gasteiger partial charge in [0.1, 0.15) is 11.9 Å². The topological polar surface area (TPSA) is 74.0 Å². The summed E-state index contributed by atoms with van der Waals surface area (Å²) in [6, 6.07) is 7.82. The van der Waals surface area contributed by atoms with Crippen LogP contribution in [0, 0.1) is 0 Å². The van der Waals surface area contributed by atoms with Crippen LogP contribution in [-0.4, -0.2) is 55.9 Å². The van der Waals surface area contributed by atoms with E-state index in [1.807, 2.05) is 29.2 Å². The van der Waals surface area contributed by atoms with Crippen molar-refractivity contribution in [2.45, 2.75) is 50.5 Å². The Morgan fingerprint density at radius 3 is 2.88 bits per heavy atom. The van der Waals surface area contributed by atoms with Crippen LogP contribution in [0.4, 0.5) is 0 Å². The number of benzene rings is 1. The predicted molar refractivity (Wildman–Crippen MR) is 94.3 cm³/mol. The zero-order valence-electron chi connectivity index (χ0n) is 14.9. The average Bonchev–Trinajstić information content (AvgIpc) is 3.32. The van der Waals surface area contributed by atoms with Crippen molar-refractivity contribution in [2.24, 2.45) is 5.73 Å². The van der Waals surface area contributed by atoms with Gasteiger partial charge in [0.15, 0.2) is 0 Å². The van der Waals surface area contributed by atoms with Crippen molar-refractivity contribution >= 4 is 5.91 Å². The van der Waals surface area contributed by atoms with E-state index < -0.39 is 0 Å². The fourth-order valence-corrected chi connectivity index (χ4v) is 3.52. The van der Waals surface area contributed by atoms with Gasteiger partial charge in [-0.1, -0.05) is 12.1 Å². The van der Waals surface area contributed by atoms with E-state index in [0.29, 0.717) is 19.6 Å². The Bertz CT molecular complexity index is 574. The number of ether oxygens (including phenoxy) is 3. The highest BCUT2D eigenvalue weighted by molar-refractivity contribution is 5.81. The second kappa shape index (κ2) is 8.65. The van der Waals surface area contributed by atoms with E-state index in [4.69, 9.17) is 19.9 Å². The molecule has 2 aliphatic heterocycles. The summed E-state index contributed by atoms with van der Waals surface area (Å²) < 4.78 is 16.9. The predicted octanol–water partition coefficient (Wildman–Crippen LogP) is 1.71. The van der Waals surface area contributed by atoms with Crippen molar-refractivity contribution < 1.29 is 19.0 Å². The third-order valence-electron chi connectivity index (χ3n) is 4.91. The number of methoxy groups -OCH3 is 1. The molecular formula is C19H28N2O4. The molecule has 1 aromatic carbocycles. The highest BCUT2D eigenvalue weighted by Gasteiger charge is 2.34. The maximum absolute atomic E-state index is 13.0. The molecule has 3 rings (SSSR count). The Kier molecular flexibility index (Phi) is 6.29. The minimum atomic E-state index is -0.388. The molecule has 1 amide bonds. The van der Waals surface area contributed by atoms with Gasteiger partial charge in [0.2, 0.25) is 0 Å². The van der Waals surface area contributed by atoms with Gasteiger partial charge in [-0.15, -0.1) is 0 Å². The second-order valence-corrected chi connectivity index (χ2v) is 6.77. The summed E-state index contributed by atoms with van der Waals surface area (Å²) in [4.78, 5) is 14.9. The molecule has 2 heterocycles. The van der Waals surface area contributed by atoms with Gasteiger partial charge >= 0.3 is 0 Å². The van der Waals surface area contributed by atoms with E-state index in [2.05, 4.69) is 0 Å². The SMILES string of the molecule is COc1cccc(CN(CC2CCCO2)C(=O)[C@@H]2CC[C@H](CN)O2)c1. The van der Waals surface area contributed by atoms with Gasteiger partial charge in [0.25, 0.3) is 5.91 Å². The fraction of sp³-hybridized carbons (Fsp3) is 0.632. The van der Waals surface area contributed by atoms with E-state index in [1.165, 1.54) is 0 Å². The molecule has 3 atom stereocenters. The molecule has 0 radical (unpaired) electrons. The Hall–Kier alpha value is -1.63. The summed E-state index contributed by atoms with van der Waals surface area (Å²) in [7, 11) is 1.65. The van der Waals surface area contributed by atoms with Crippen LogP contribution in [0.15, 0.2) is 24.3 Å². The van der Waals surface area contributed by atoms with Crippen LogP contribution in [0.2, 0.25) is 0 Å². The highest BCUT2D eigenvalue weighted by atomic mass is 16.5. The number of hydrogen-bond acceptors (Lipinski definition) is 5. The van der Waals surface area contributed by atoms with Crippen LogP contribution < -0.4 is 10.5 Å². The lowest BCUT2D eigenvalue weighted by atomic mass is 10.1. The molecule has 1 unspecified atom stereocenters. The molecule has 0 saturated carbocycles. The van der Waals surface area contributed by atoms with Gasteiger partial charge in [-0.05, 0) is 43.4 Å². The molecule has 2 fully saturated rings. The molecule has 0 bridgehead atoms. The standard InChI is InChI=1S/C19H28N2O4/c1-23-15-5-2-4-14(10-15)12-21(13-17-6-3-9-24-17)19(22)18-8-7-16(11-20)25-18/h2,4-5,10,16-18H,3,6-9,11-13,20H2,1H3/t16-,17?,18+/m1/s1. The van der Waals surface area contributed by atoms with Crippen molar-refractivity contribution in [3.8, 4) is 5.75 Å². The summed E-state index contributed by atoms with van der Waals surface area (Å²) in [6.45, 7) is 2.37. The van der Waals surface area contributed by atoms with Gasteiger partial charge in [-0.25, -0.2) is 0 Å². The van der Waals surface area contributed by atoms with Crippen LogP contribution in [-0.2, 0) is 20.8 Å². The molecular weight excluding hydrogens is 320 g/mol. The average molecular weight is 348 g/mol. The summed E-state index contributed by atoms with van der Waals surface area (Å²) in [5, 5.41) is 0.